The van der Waals surface area contributed by atoms with Gasteiger partial charge in [-0.15, -0.1) is 0 Å². The monoisotopic (exact) mass is 191 g/mol. The zero-order chi connectivity index (χ0) is 10.0. The van der Waals surface area contributed by atoms with Crippen LogP contribution in [0.1, 0.15) is 38.3 Å². The van der Waals surface area contributed by atoms with E-state index in [1.54, 1.807) is 6.20 Å². The first-order valence-electron chi connectivity index (χ1n) is 5.30. The standard InChI is InChI=1S/C11H17N3/c1-9-5-2-3-7-11(9,12)10-6-4-8-13-14-10/h4,6,8-9H,2-3,5,7,12H2,1H3. The Hall–Kier alpha value is -0.960. The number of nitrogens with zero attached hydrogens (tertiary/aromatic N) is 2. The lowest BCUT2D eigenvalue weighted by Crippen LogP contribution is -2.45. The van der Waals surface area contributed by atoms with Crippen molar-refractivity contribution in [2.24, 2.45) is 11.7 Å². The van der Waals surface area contributed by atoms with Crippen molar-refractivity contribution in [2.75, 3.05) is 0 Å². The zero-order valence-corrected chi connectivity index (χ0v) is 8.61. The predicted octanol–water partition coefficient (Wildman–Crippen LogP) is 1.84. The van der Waals surface area contributed by atoms with Crippen molar-refractivity contribution in [3.63, 3.8) is 0 Å². The van der Waals surface area contributed by atoms with Crippen molar-refractivity contribution >= 4 is 0 Å². The lowest BCUT2D eigenvalue weighted by Gasteiger charge is -2.38. The van der Waals surface area contributed by atoms with Gasteiger partial charge in [-0.3, -0.25) is 0 Å². The van der Waals surface area contributed by atoms with Gasteiger partial charge in [-0.2, -0.15) is 10.2 Å². The highest BCUT2D eigenvalue weighted by Gasteiger charge is 2.37. The van der Waals surface area contributed by atoms with Gasteiger partial charge in [0, 0.05) is 6.20 Å². The Morgan fingerprint density at radius 2 is 2.36 bits per heavy atom. The number of hydrogen-bond donors (Lipinski definition) is 1. The fourth-order valence-corrected chi connectivity index (χ4v) is 2.30. The number of rotatable bonds is 1. The van der Waals surface area contributed by atoms with Gasteiger partial charge < -0.3 is 5.73 Å². The maximum atomic E-state index is 6.42. The first kappa shape index (κ1) is 9.59. The van der Waals surface area contributed by atoms with Crippen molar-refractivity contribution in [2.45, 2.75) is 38.1 Å². The van der Waals surface area contributed by atoms with Crippen LogP contribution >= 0.6 is 0 Å². The molecular formula is C11H17N3. The molecule has 0 aromatic carbocycles. The second-order valence-electron chi connectivity index (χ2n) is 4.30. The van der Waals surface area contributed by atoms with Gasteiger partial charge in [0.1, 0.15) is 0 Å². The Bertz CT molecular complexity index is 299. The molecule has 3 heteroatoms. The predicted molar refractivity (Wildman–Crippen MR) is 55.5 cm³/mol. The molecule has 0 amide bonds. The highest BCUT2D eigenvalue weighted by atomic mass is 15.1. The van der Waals surface area contributed by atoms with Gasteiger partial charge in [0.05, 0.1) is 11.2 Å². The van der Waals surface area contributed by atoms with Crippen molar-refractivity contribution < 1.29 is 0 Å². The fourth-order valence-electron chi connectivity index (χ4n) is 2.30. The summed E-state index contributed by atoms with van der Waals surface area (Å²) in [5.74, 6) is 0.507. The number of aromatic nitrogens is 2. The molecule has 1 aliphatic carbocycles. The largest absolute Gasteiger partial charge is 0.320 e. The molecule has 1 fully saturated rings. The molecule has 0 aliphatic heterocycles. The lowest BCUT2D eigenvalue weighted by molar-refractivity contribution is 0.200. The molecule has 1 heterocycles. The molecule has 76 valence electrons. The lowest BCUT2D eigenvalue weighted by atomic mass is 9.72. The van der Waals surface area contributed by atoms with Crippen LogP contribution in [0.5, 0.6) is 0 Å². The Balaban J connectivity index is 2.30. The minimum atomic E-state index is -0.244. The Morgan fingerprint density at radius 1 is 1.50 bits per heavy atom. The van der Waals surface area contributed by atoms with Crippen molar-refractivity contribution in [3.8, 4) is 0 Å². The summed E-state index contributed by atoms with van der Waals surface area (Å²) >= 11 is 0. The molecule has 2 rings (SSSR count). The molecule has 1 aromatic rings. The molecular weight excluding hydrogens is 174 g/mol. The van der Waals surface area contributed by atoms with Gasteiger partial charge in [0.15, 0.2) is 0 Å². The molecule has 2 unspecified atom stereocenters. The fraction of sp³-hybridized carbons (Fsp3) is 0.636. The van der Waals surface area contributed by atoms with Gasteiger partial charge in [0.25, 0.3) is 0 Å². The molecule has 3 nitrogen and oxygen atoms in total. The van der Waals surface area contributed by atoms with Crippen LogP contribution in [0.4, 0.5) is 0 Å². The highest BCUT2D eigenvalue weighted by Crippen LogP contribution is 2.37. The Labute approximate surface area is 84.7 Å². The molecule has 1 aliphatic rings. The van der Waals surface area contributed by atoms with E-state index in [2.05, 4.69) is 17.1 Å². The van der Waals surface area contributed by atoms with Crippen LogP contribution in [0.2, 0.25) is 0 Å². The molecule has 0 saturated heterocycles. The summed E-state index contributed by atoms with van der Waals surface area (Å²) in [6.45, 7) is 2.22. The summed E-state index contributed by atoms with van der Waals surface area (Å²) in [7, 11) is 0. The third kappa shape index (κ3) is 1.52. The van der Waals surface area contributed by atoms with Crippen LogP contribution in [0.15, 0.2) is 18.3 Å². The van der Waals surface area contributed by atoms with Crippen LogP contribution < -0.4 is 5.73 Å². The van der Waals surface area contributed by atoms with Gasteiger partial charge in [-0.05, 0) is 30.9 Å². The van der Waals surface area contributed by atoms with Crippen molar-refractivity contribution in [3.05, 3.63) is 24.0 Å². The molecule has 1 aromatic heterocycles. The van der Waals surface area contributed by atoms with Crippen molar-refractivity contribution in [1.82, 2.24) is 10.2 Å². The summed E-state index contributed by atoms with van der Waals surface area (Å²) in [6, 6.07) is 3.91. The summed E-state index contributed by atoms with van der Waals surface area (Å²) in [4.78, 5) is 0. The van der Waals surface area contributed by atoms with E-state index in [1.165, 1.54) is 19.3 Å². The average Bonchev–Trinajstić information content (AvgIpc) is 2.24. The first-order chi connectivity index (χ1) is 6.73. The summed E-state index contributed by atoms with van der Waals surface area (Å²) in [5, 5.41) is 8.06. The molecule has 2 N–H and O–H groups in total. The van der Waals surface area contributed by atoms with E-state index < -0.39 is 0 Å². The van der Waals surface area contributed by atoms with E-state index in [0.29, 0.717) is 5.92 Å². The van der Waals surface area contributed by atoms with Crippen LogP contribution in [0, 0.1) is 5.92 Å². The van der Waals surface area contributed by atoms with E-state index in [1.807, 2.05) is 12.1 Å². The SMILES string of the molecule is CC1CCCCC1(N)c1cccnn1. The maximum Gasteiger partial charge on any atom is 0.0832 e. The van der Waals surface area contributed by atoms with Crippen LogP contribution in [0.25, 0.3) is 0 Å². The summed E-state index contributed by atoms with van der Waals surface area (Å²) in [5.41, 5.74) is 7.13. The quantitative estimate of drug-likeness (QED) is 0.737. The van der Waals surface area contributed by atoms with Gasteiger partial charge >= 0.3 is 0 Å². The minimum absolute atomic E-state index is 0.244. The molecule has 1 saturated carbocycles. The molecule has 2 atom stereocenters. The second-order valence-corrected chi connectivity index (χ2v) is 4.30. The highest BCUT2D eigenvalue weighted by molar-refractivity contribution is 5.15. The Kier molecular flexibility index (Phi) is 2.50. The van der Waals surface area contributed by atoms with Gasteiger partial charge in [-0.25, -0.2) is 0 Å². The van der Waals surface area contributed by atoms with E-state index in [4.69, 9.17) is 5.73 Å². The maximum absolute atomic E-state index is 6.42. The van der Waals surface area contributed by atoms with E-state index >= 15 is 0 Å². The van der Waals surface area contributed by atoms with Crippen LogP contribution in [0.3, 0.4) is 0 Å². The van der Waals surface area contributed by atoms with Gasteiger partial charge in [-0.1, -0.05) is 19.8 Å². The van der Waals surface area contributed by atoms with E-state index in [9.17, 15) is 0 Å². The summed E-state index contributed by atoms with van der Waals surface area (Å²) in [6.07, 6.45) is 6.43. The zero-order valence-electron chi connectivity index (χ0n) is 8.61. The Morgan fingerprint density at radius 3 is 3.00 bits per heavy atom. The average molecular weight is 191 g/mol. The van der Waals surface area contributed by atoms with Crippen LogP contribution in [-0.2, 0) is 5.54 Å². The molecule has 0 spiro atoms. The molecule has 0 bridgehead atoms. The number of hydrogen-bond acceptors (Lipinski definition) is 3. The minimum Gasteiger partial charge on any atom is -0.320 e. The van der Waals surface area contributed by atoms with Crippen molar-refractivity contribution in [1.29, 1.82) is 0 Å². The molecule has 0 radical (unpaired) electrons. The molecule has 14 heavy (non-hydrogen) atoms. The third-order valence-corrected chi connectivity index (χ3v) is 3.41. The van der Waals surface area contributed by atoms with Crippen LogP contribution in [-0.4, -0.2) is 10.2 Å². The second kappa shape index (κ2) is 3.65. The van der Waals surface area contributed by atoms with E-state index in [0.717, 1.165) is 12.1 Å². The third-order valence-electron chi connectivity index (χ3n) is 3.41. The smallest absolute Gasteiger partial charge is 0.0832 e. The normalized spacial score (nSPS) is 32.9. The number of nitrogens with two attached hydrogens (primary N) is 1. The summed E-state index contributed by atoms with van der Waals surface area (Å²) < 4.78 is 0. The van der Waals surface area contributed by atoms with Gasteiger partial charge in [0.2, 0.25) is 0 Å². The topological polar surface area (TPSA) is 51.8 Å². The van der Waals surface area contributed by atoms with E-state index in [-0.39, 0.29) is 5.54 Å². The first-order valence-corrected chi connectivity index (χ1v) is 5.30.